The first kappa shape index (κ1) is 21.7. The third kappa shape index (κ3) is 5.32. The molecule has 2 N–H and O–H groups in total. The predicted molar refractivity (Wildman–Crippen MR) is 114 cm³/mol. The van der Waals surface area contributed by atoms with Crippen LogP contribution in [0.5, 0.6) is 11.5 Å². The summed E-state index contributed by atoms with van der Waals surface area (Å²) < 4.78 is 15.5. The second-order valence-electron chi connectivity index (χ2n) is 6.67. The molecule has 0 radical (unpaired) electrons. The Labute approximate surface area is 179 Å². The summed E-state index contributed by atoms with van der Waals surface area (Å²) in [6, 6.07) is 5.45. The molecular weight excluding hydrogens is 408 g/mol. The molecule has 2 aromatic rings. The van der Waals surface area contributed by atoms with Crippen LogP contribution < -0.4 is 20.1 Å². The van der Waals surface area contributed by atoms with Crippen LogP contribution in [-0.4, -0.2) is 61.8 Å². The SMILES string of the molecule is CCOC(=O)N1CCC(NC(=O)c2csc(Nc3ccc(OC)c(OC)c3)n2)CC1. The Morgan fingerprint density at radius 2 is 1.93 bits per heavy atom. The molecule has 9 nitrogen and oxygen atoms in total. The lowest BCUT2D eigenvalue weighted by Gasteiger charge is -2.31. The minimum Gasteiger partial charge on any atom is -0.493 e. The summed E-state index contributed by atoms with van der Waals surface area (Å²) >= 11 is 1.34. The van der Waals surface area contributed by atoms with Crippen LogP contribution in [0.3, 0.4) is 0 Å². The molecule has 10 heteroatoms. The summed E-state index contributed by atoms with van der Waals surface area (Å²) in [5.74, 6) is 1.02. The van der Waals surface area contributed by atoms with E-state index in [1.807, 2.05) is 6.07 Å². The molecule has 0 aliphatic carbocycles. The van der Waals surface area contributed by atoms with Crippen LogP contribution in [0.2, 0.25) is 0 Å². The van der Waals surface area contributed by atoms with Gasteiger partial charge in [-0.05, 0) is 31.9 Å². The van der Waals surface area contributed by atoms with Gasteiger partial charge in [-0.25, -0.2) is 9.78 Å². The molecule has 0 atom stereocenters. The summed E-state index contributed by atoms with van der Waals surface area (Å²) in [5, 5.41) is 8.49. The van der Waals surface area contributed by atoms with E-state index in [0.717, 1.165) is 5.69 Å². The van der Waals surface area contributed by atoms with Crippen molar-refractivity contribution in [3.63, 3.8) is 0 Å². The van der Waals surface area contributed by atoms with Crippen molar-refractivity contribution < 1.29 is 23.8 Å². The number of piperidine rings is 1. The maximum absolute atomic E-state index is 12.5. The van der Waals surface area contributed by atoms with E-state index in [-0.39, 0.29) is 18.0 Å². The van der Waals surface area contributed by atoms with Crippen molar-refractivity contribution in [3.05, 3.63) is 29.3 Å². The predicted octanol–water partition coefficient (Wildman–Crippen LogP) is 3.25. The van der Waals surface area contributed by atoms with E-state index in [9.17, 15) is 9.59 Å². The van der Waals surface area contributed by atoms with Crippen molar-refractivity contribution in [2.24, 2.45) is 0 Å². The first-order valence-electron chi connectivity index (χ1n) is 9.71. The van der Waals surface area contributed by atoms with Gasteiger partial charge >= 0.3 is 6.09 Å². The van der Waals surface area contributed by atoms with Crippen molar-refractivity contribution in [3.8, 4) is 11.5 Å². The highest BCUT2D eigenvalue weighted by molar-refractivity contribution is 7.14. The lowest BCUT2D eigenvalue weighted by Crippen LogP contribution is -2.46. The number of nitrogens with one attached hydrogen (secondary N) is 2. The molecule has 0 bridgehead atoms. The number of likely N-dealkylation sites (tertiary alicyclic amines) is 1. The zero-order valence-electron chi connectivity index (χ0n) is 17.3. The third-order valence-corrected chi connectivity index (χ3v) is 5.49. The molecule has 0 saturated carbocycles. The molecule has 162 valence electrons. The Balaban J connectivity index is 1.54. The number of carbonyl (C=O) groups excluding carboxylic acids is 2. The summed E-state index contributed by atoms with van der Waals surface area (Å²) in [6.45, 7) is 3.27. The Bertz CT molecular complexity index is 880. The number of benzene rings is 1. The molecule has 1 saturated heterocycles. The van der Waals surface area contributed by atoms with Gasteiger partial charge < -0.3 is 29.7 Å². The van der Waals surface area contributed by atoms with E-state index in [4.69, 9.17) is 14.2 Å². The molecule has 30 heavy (non-hydrogen) atoms. The number of nitrogens with zero attached hydrogens (tertiary/aromatic N) is 2. The Morgan fingerprint density at radius 1 is 1.20 bits per heavy atom. The summed E-state index contributed by atoms with van der Waals surface area (Å²) in [5.41, 5.74) is 1.14. The van der Waals surface area contributed by atoms with Gasteiger partial charge in [0.15, 0.2) is 16.6 Å². The van der Waals surface area contributed by atoms with Crippen LogP contribution in [0.1, 0.15) is 30.3 Å². The standard InChI is InChI=1S/C20H26N4O5S/c1-4-29-20(26)24-9-7-13(8-10-24)21-18(25)15-12-30-19(23-15)22-14-5-6-16(27-2)17(11-14)28-3/h5-6,11-13H,4,7-10H2,1-3H3,(H,21,25)(H,22,23). The van der Waals surface area contributed by atoms with Crippen molar-refractivity contribution in [1.29, 1.82) is 0 Å². The maximum Gasteiger partial charge on any atom is 0.409 e. The second-order valence-corrected chi connectivity index (χ2v) is 7.52. The van der Waals surface area contributed by atoms with Gasteiger partial charge in [0, 0.05) is 36.3 Å². The average molecular weight is 435 g/mol. The number of rotatable bonds is 7. The van der Waals surface area contributed by atoms with Crippen LogP contribution >= 0.6 is 11.3 Å². The zero-order chi connectivity index (χ0) is 21.5. The van der Waals surface area contributed by atoms with E-state index >= 15 is 0 Å². The van der Waals surface area contributed by atoms with Gasteiger partial charge in [0.1, 0.15) is 5.69 Å². The molecule has 2 amide bonds. The van der Waals surface area contributed by atoms with Crippen LogP contribution in [0, 0.1) is 0 Å². The molecule has 0 unspecified atom stereocenters. The minimum absolute atomic E-state index is 0.00661. The average Bonchev–Trinajstić information content (AvgIpc) is 3.23. The van der Waals surface area contributed by atoms with E-state index in [2.05, 4.69) is 15.6 Å². The Hall–Kier alpha value is -3.01. The smallest absolute Gasteiger partial charge is 0.409 e. The van der Waals surface area contributed by atoms with Gasteiger partial charge in [0.05, 0.1) is 20.8 Å². The Kier molecular flexibility index (Phi) is 7.34. The molecule has 3 rings (SSSR count). The van der Waals surface area contributed by atoms with Crippen molar-refractivity contribution in [2.45, 2.75) is 25.8 Å². The van der Waals surface area contributed by atoms with Gasteiger partial charge in [-0.15, -0.1) is 11.3 Å². The monoisotopic (exact) mass is 434 g/mol. The number of ether oxygens (including phenoxy) is 3. The lowest BCUT2D eigenvalue weighted by molar-refractivity contribution is 0.0857. The normalized spacial score (nSPS) is 14.2. The summed E-state index contributed by atoms with van der Waals surface area (Å²) in [7, 11) is 3.15. The number of methoxy groups -OCH3 is 2. The number of aromatic nitrogens is 1. The van der Waals surface area contributed by atoms with E-state index < -0.39 is 0 Å². The van der Waals surface area contributed by atoms with Gasteiger partial charge in [0.25, 0.3) is 5.91 Å². The van der Waals surface area contributed by atoms with Crippen molar-refractivity contribution >= 4 is 34.2 Å². The number of carbonyl (C=O) groups is 2. The number of thiazole rings is 1. The van der Waals surface area contributed by atoms with E-state index in [1.165, 1.54) is 11.3 Å². The van der Waals surface area contributed by atoms with Crippen molar-refractivity contribution in [2.75, 3.05) is 39.2 Å². The molecule has 0 spiro atoms. The van der Waals surface area contributed by atoms with Crippen molar-refractivity contribution in [1.82, 2.24) is 15.2 Å². The molecule has 1 aliphatic rings. The largest absolute Gasteiger partial charge is 0.493 e. The first-order valence-corrected chi connectivity index (χ1v) is 10.6. The van der Waals surface area contributed by atoms with Crippen LogP contribution in [0.25, 0.3) is 0 Å². The highest BCUT2D eigenvalue weighted by Crippen LogP contribution is 2.31. The van der Waals surface area contributed by atoms with Crippen LogP contribution in [-0.2, 0) is 4.74 Å². The molecule has 1 aromatic heterocycles. The lowest BCUT2D eigenvalue weighted by atomic mass is 10.1. The highest BCUT2D eigenvalue weighted by Gasteiger charge is 2.25. The van der Waals surface area contributed by atoms with E-state index in [0.29, 0.717) is 54.9 Å². The quantitative estimate of drug-likeness (QED) is 0.690. The fourth-order valence-corrected chi connectivity index (χ4v) is 3.86. The second kappa shape index (κ2) is 10.1. The van der Waals surface area contributed by atoms with Gasteiger partial charge in [-0.2, -0.15) is 0 Å². The summed E-state index contributed by atoms with van der Waals surface area (Å²) in [4.78, 5) is 30.3. The van der Waals surface area contributed by atoms with Gasteiger partial charge in [-0.1, -0.05) is 0 Å². The molecule has 1 aliphatic heterocycles. The molecule has 1 aromatic carbocycles. The topological polar surface area (TPSA) is 102 Å². The Morgan fingerprint density at radius 3 is 2.60 bits per heavy atom. The summed E-state index contributed by atoms with van der Waals surface area (Å²) in [6.07, 6.45) is 1.07. The number of anilines is 2. The van der Waals surface area contributed by atoms with E-state index in [1.54, 1.807) is 43.6 Å². The van der Waals surface area contributed by atoms with Gasteiger partial charge in [0.2, 0.25) is 0 Å². The maximum atomic E-state index is 12.5. The third-order valence-electron chi connectivity index (χ3n) is 4.73. The fourth-order valence-electron chi connectivity index (χ4n) is 3.15. The highest BCUT2D eigenvalue weighted by atomic mass is 32.1. The number of hydrogen-bond acceptors (Lipinski definition) is 8. The van der Waals surface area contributed by atoms with Crippen LogP contribution in [0.15, 0.2) is 23.6 Å². The molecule has 2 heterocycles. The first-order chi connectivity index (χ1) is 14.5. The van der Waals surface area contributed by atoms with Gasteiger partial charge in [-0.3, -0.25) is 4.79 Å². The van der Waals surface area contributed by atoms with Crippen LogP contribution in [0.4, 0.5) is 15.6 Å². The zero-order valence-corrected chi connectivity index (χ0v) is 18.1. The molecular formula is C20H26N4O5S. The number of hydrogen-bond donors (Lipinski definition) is 2. The fraction of sp³-hybridized carbons (Fsp3) is 0.450. The number of amides is 2. The minimum atomic E-state index is -0.298. The molecule has 1 fully saturated rings.